The van der Waals surface area contributed by atoms with Crippen molar-refractivity contribution in [1.82, 2.24) is 14.5 Å². The summed E-state index contributed by atoms with van der Waals surface area (Å²) in [6.07, 6.45) is 0. The highest BCUT2D eigenvalue weighted by atomic mass is 35.5. The van der Waals surface area contributed by atoms with E-state index in [1.807, 2.05) is 30.3 Å². The van der Waals surface area contributed by atoms with E-state index >= 15 is 0 Å². The number of hydrogen-bond donors (Lipinski definition) is 1. The number of sulfonamides is 1. The van der Waals surface area contributed by atoms with E-state index in [0.717, 1.165) is 11.3 Å². The van der Waals surface area contributed by atoms with Gasteiger partial charge in [-0.25, -0.2) is 17.8 Å². The fraction of sp³-hybridized carbons (Fsp3) is 0.167. The average molecular weight is 376 g/mol. The molecule has 0 saturated carbocycles. The molecule has 0 atom stereocenters. The number of benzene rings is 2. The Morgan fingerprint density at radius 2 is 1.68 bits per heavy atom. The Bertz CT molecular complexity index is 981. The summed E-state index contributed by atoms with van der Waals surface area (Å²) in [5, 5.41) is 5.00. The van der Waals surface area contributed by atoms with E-state index < -0.39 is 10.0 Å². The largest absolute Gasteiger partial charge is 0.244 e. The summed E-state index contributed by atoms with van der Waals surface area (Å²) in [7, 11) is -3.67. The third-order valence-electron chi connectivity index (χ3n) is 3.87. The van der Waals surface area contributed by atoms with Crippen LogP contribution >= 0.6 is 11.6 Å². The van der Waals surface area contributed by atoms with Gasteiger partial charge in [-0.2, -0.15) is 5.10 Å². The van der Waals surface area contributed by atoms with E-state index in [4.69, 9.17) is 11.6 Å². The quantitative estimate of drug-likeness (QED) is 0.740. The second-order valence-electron chi connectivity index (χ2n) is 5.70. The fourth-order valence-electron chi connectivity index (χ4n) is 2.70. The average Bonchev–Trinajstić information content (AvgIpc) is 2.90. The molecule has 3 rings (SSSR count). The number of rotatable bonds is 5. The molecular formula is C18H18ClN3O2S. The van der Waals surface area contributed by atoms with Crippen molar-refractivity contribution >= 4 is 21.6 Å². The minimum Gasteiger partial charge on any atom is -0.236 e. The molecule has 2 aromatic carbocycles. The first kappa shape index (κ1) is 17.7. The highest BCUT2D eigenvalue weighted by molar-refractivity contribution is 7.89. The number of nitrogens with zero attached hydrogens (tertiary/aromatic N) is 2. The number of aromatic nitrogens is 2. The molecule has 0 aliphatic rings. The molecule has 0 saturated heterocycles. The molecule has 0 spiro atoms. The summed E-state index contributed by atoms with van der Waals surface area (Å²) in [4.78, 5) is 0.207. The maximum atomic E-state index is 12.8. The van der Waals surface area contributed by atoms with Crippen LogP contribution in [0.4, 0.5) is 0 Å². The van der Waals surface area contributed by atoms with Crippen molar-refractivity contribution in [3.8, 4) is 5.69 Å². The van der Waals surface area contributed by atoms with E-state index in [0.29, 0.717) is 16.4 Å². The van der Waals surface area contributed by atoms with Crippen molar-refractivity contribution in [1.29, 1.82) is 0 Å². The molecule has 1 heterocycles. The minimum atomic E-state index is -3.67. The Morgan fingerprint density at radius 1 is 1.04 bits per heavy atom. The second kappa shape index (κ2) is 7.00. The first-order chi connectivity index (χ1) is 11.9. The number of aryl methyl sites for hydroxylation is 1. The van der Waals surface area contributed by atoms with Crippen molar-refractivity contribution in [2.45, 2.75) is 25.3 Å². The second-order valence-corrected chi connectivity index (χ2v) is 7.84. The van der Waals surface area contributed by atoms with Crippen LogP contribution in [-0.4, -0.2) is 18.2 Å². The van der Waals surface area contributed by atoms with Crippen LogP contribution in [0, 0.1) is 13.8 Å². The van der Waals surface area contributed by atoms with Gasteiger partial charge in [-0.3, -0.25) is 0 Å². The fourth-order valence-corrected chi connectivity index (χ4v) is 4.23. The van der Waals surface area contributed by atoms with Gasteiger partial charge in [-0.15, -0.1) is 0 Å². The van der Waals surface area contributed by atoms with Gasteiger partial charge in [0.1, 0.15) is 4.90 Å². The van der Waals surface area contributed by atoms with Gasteiger partial charge in [-0.05, 0) is 43.7 Å². The molecule has 3 aromatic rings. The first-order valence-electron chi connectivity index (χ1n) is 7.74. The Kier molecular flexibility index (Phi) is 4.94. The Hall–Kier alpha value is -2.15. The maximum Gasteiger partial charge on any atom is 0.244 e. The van der Waals surface area contributed by atoms with Crippen LogP contribution in [0.2, 0.25) is 5.02 Å². The molecule has 1 N–H and O–H groups in total. The summed E-state index contributed by atoms with van der Waals surface area (Å²) < 4.78 is 29.8. The third kappa shape index (κ3) is 3.76. The van der Waals surface area contributed by atoms with Gasteiger partial charge >= 0.3 is 0 Å². The monoisotopic (exact) mass is 375 g/mol. The lowest BCUT2D eigenvalue weighted by Crippen LogP contribution is -2.24. The Morgan fingerprint density at radius 3 is 2.32 bits per heavy atom. The van der Waals surface area contributed by atoms with Crippen LogP contribution < -0.4 is 4.72 Å². The smallest absolute Gasteiger partial charge is 0.236 e. The van der Waals surface area contributed by atoms with E-state index in [-0.39, 0.29) is 11.4 Å². The van der Waals surface area contributed by atoms with Crippen LogP contribution in [0.15, 0.2) is 59.5 Å². The highest BCUT2D eigenvalue weighted by Gasteiger charge is 2.24. The number of nitrogens with one attached hydrogen (secondary N) is 1. The molecule has 0 aliphatic carbocycles. The Labute approximate surface area is 152 Å². The van der Waals surface area contributed by atoms with Gasteiger partial charge in [0.2, 0.25) is 10.0 Å². The molecule has 1 aromatic heterocycles. The zero-order valence-electron chi connectivity index (χ0n) is 13.9. The normalized spacial score (nSPS) is 11.6. The number of hydrogen-bond acceptors (Lipinski definition) is 3. The lowest BCUT2D eigenvalue weighted by Gasteiger charge is -2.08. The van der Waals surface area contributed by atoms with Crippen LogP contribution in [0.1, 0.15) is 17.0 Å². The zero-order chi connectivity index (χ0) is 18.0. The lowest BCUT2D eigenvalue weighted by atomic mass is 10.2. The van der Waals surface area contributed by atoms with Gasteiger partial charge in [0.25, 0.3) is 0 Å². The molecule has 130 valence electrons. The van der Waals surface area contributed by atoms with Crippen molar-refractivity contribution in [2.75, 3.05) is 0 Å². The van der Waals surface area contributed by atoms with Crippen molar-refractivity contribution in [2.24, 2.45) is 0 Å². The standard InChI is InChI=1S/C18H18ClN3O2S/c1-13-18(25(23,24)20-12-15-6-4-3-5-7-15)14(2)22(21-13)17-10-8-16(19)9-11-17/h3-11,20H,12H2,1-2H3. The molecule has 25 heavy (non-hydrogen) atoms. The first-order valence-corrected chi connectivity index (χ1v) is 9.60. The summed E-state index contributed by atoms with van der Waals surface area (Å²) >= 11 is 5.91. The summed E-state index contributed by atoms with van der Waals surface area (Å²) in [5.74, 6) is 0. The topological polar surface area (TPSA) is 64.0 Å². The summed E-state index contributed by atoms with van der Waals surface area (Å²) in [6.45, 7) is 3.66. The summed E-state index contributed by atoms with van der Waals surface area (Å²) in [6, 6.07) is 16.5. The Balaban J connectivity index is 1.92. The van der Waals surface area contributed by atoms with Crippen LogP contribution in [0.5, 0.6) is 0 Å². The van der Waals surface area contributed by atoms with E-state index in [1.54, 1.807) is 42.8 Å². The highest BCUT2D eigenvalue weighted by Crippen LogP contribution is 2.23. The minimum absolute atomic E-state index is 0.207. The third-order valence-corrected chi connectivity index (χ3v) is 5.78. The van der Waals surface area contributed by atoms with Crippen molar-refractivity contribution in [3.63, 3.8) is 0 Å². The van der Waals surface area contributed by atoms with E-state index in [2.05, 4.69) is 9.82 Å². The molecule has 5 nitrogen and oxygen atoms in total. The molecule has 0 radical (unpaired) electrons. The van der Waals surface area contributed by atoms with Crippen LogP contribution in [-0.2, 0) is 16.6 Å². The summed E-state index contributed by atoms with van der Waals surface area (Å²) in [5.41, 5.74) is 2.66. The molecule has 7 heteroatoms. The lowest BCUT2D eigenvalue weighted by molar-refractivity contribution is 0.580. The van der Waals surface area contributed by atoms with Crippen LogP contribution in [0.25, 0.3) is 5.69 Å². The SMILES string of the molecule is Cc1nn(-c2ccc(Cl)cc2)c(C)c1S(=O)(=O)NCc1ccccc1. The molecular weight excluding hydrogens is 358 g/mol. The molecule has 0 fully saturated rings. The predicted octanol–water partition coefficient (Wildman–Crippen LogP) is 3.62. The van der Waals surface area contributed by atoms with Gasteiger partial charge in [0.05, 0.1) is 17.1 Å². The maximum absolute atomic E-state index is 12.8. The van der Waals surface area contributed by atoms with E-state index in [9.17, 15) is 8.42 Å². The van der Waals surface area contributed by atoms with Gasteiger partial charge < -0.3 is 0 Å². The number of halogens is 1. The van der Waals surface area contributed by atoms with E-state index in [1.165, 1.54) is 0 Å². The molecule has 0 amide bonds. The van der Waals surface area contributed by atoms with Crippen LogP contribution in [0.3, 0.4) is 0 Å². The predicted molar refractivity (Wildman–Crippen MR) is 98.5 cm³/mol. The molecule has 0 bridgehead atoms. The van der Waals surface area contributed by atoms with Gasteiger partial charge in [0.15, 0.2) is 0 Å². The van der Waals surface area contributed by atoms with Crippen molar-refractivity contribution in [3.05, 3.63) is 76.6 Å². The van der Waals surface area contributed by atoms with Gasteiger partial charge in [-0.1, -0.05) is 41.9 Å². The zero-order valence-corrected chi connectivity index (χ0v) is 15.5. The van der Waals surface area contributed by atoms with Gasteiger partial charge in [0, 0.05) is 11.6 Å². The van der Waals surface area contributed by atoms with Crippen molar-refractivity contribution < 1.29 is 8.42 Å². The molecule has 0 aliphatic heterocycles. The molecule has 0 unspecified atom stereocenters.